The third kappa shape index (κ3) is 2.26. The van der Waals surface area contributed by atoms with E-state index < -0.39 is 7.12 Å². The number of benzene rings is 2. The average Bonchev–Trinajstić information content (AvgIpc) is 2.88. The van der Waals surface area contributed by atoms with E-state index >= 15 is 0 Å². The molecule has 1 N–H and O–H groups in total. The van der Waals surface area contributed by atoms with E-state index in [1.807, 2.05) is 54.6 Å². The predicted molar refractivity (Wildman–Crippen MR) is 80.7 cm³/mol. The van der Waals surface area contributed by atoms with Crippen LogP contribution >= 0.6 is 0 Å². The number of rotatable bonds is 2. The van der Waals surface area contributed by atoms with Gasteiger partial charge in [0.25, 0.3) is 0 Å². The average molecular weight is 277 g/mol. The first-order chi connectivity index (χ1) is 10.3. The topological polar surface area (TPSA) is 51.6 Å². The van der Waals surface area contributed by atoms with Crippen molar-refractivity contribution < 1.29 is 14.4 Å². The summed E-state index contributed by atoms with van der Waals surface area (Å²) in [4.78, 5) is 4.48. The zero-order chi connectivity index (χ0) is 14.2. The van der Waals surface area contributed by atoms with Crippen LogP contribution in [0.1, 0.15) is 5.56 Å². The van der Waals surface area contributed by atoms with E-state index in [2.05, 4.69) is 4.98 Å². The minimum Gasteiger partial charge on any atom is -0.439 e. The second kappa shape index (κ2) is 4.88. The van der Waals surface area contributed by atoms with Crippen molar-refractivity contribution in [1.29, 1.82) is 0 Å². The molecular weight excluding hydrogens is 265 g/mol. The molecular formula is C16H12BNO3. The molecule has 2 heterocycles. The maximum Gasteiger partial charge on any atom is 0.491 e. The Labute approximate surface area is 122 Å². The Kier molecular flexibility index (Phi) is 2.87. The van der Waals surface area contributed by atoms with Crippen LogP contribution in [-0.2, 0) is 11.3 Å². The summed E-state index contributed by atoms with van der Waals surface area (Å²) in [6.07, 6.45) is 0. The van der Waals surface area contributed by atoms with E-state index in [4.69, 9.17) is 9.39 Å². The molecule has 0 saturated heterocycles. The highest BCUT2D eigenvalue weighted by Crippen LogP contribution is 2.24. The van der Waals surface area contributed by atoms with E-state index in [-0.39, 0.29) is 0 Å². The maximum absolute atomic E-state index is 9.60. The van der Waals surface area contributed by atoms with E-state index in [1.54, 1.807) is 0 Å². The van der Waals surface area contributed by atoms with Crippen LogP contribution in [0.4, 0.5) is 0 Å². The molecule has 0 unspecified atom stereocenters. The van der Waals surface area contributed by atoms with Crippen molar-refractivity contribution in [3.05, 3.63) is 60.2 Å². The Morgan fingerprint density at radius 1 is 1.10 bits per heavy atom. The number of pyridine rings is 1. The van der Waals surface area contributed by atoms with Crippen LogP contribution in [0.3, 0.4) is 0 Å². The van der Waals surface area contributed by atoms with Gasteiger partial charge in [-0.05, 0) is 35.3 Å². The van der Waals surface area contributed by atoms with Gasteiger partial charge in [0.1, 0.15) is 5.75 Å². The van der Waals surface area contributed by atoms with Gasteiger partial charge in [0.15, 0.2) is 0 Å². The summed E-state index contributed by atoms with van der Waals surface area (Å²) in [6.45, 7) is 0.402. The minimum absolute atomic E-state index is 0.402. The lowest BCUT2D eigenvalue weighted by molar-refractivity contribution is 0.275. The van der Waals surface area contributed by atoms with Gasteiger partial charge in [-0.3, -0.25) is 0 Å². The number of hydrogen-bond donors (Lipinski definition) is 1. The molecule has 102 valence electrons. The minimum atomic E-state index is -0.826. The molecule has 1 aliphatic heterocycles. The second-order valence-corrected chi connectivity index (χ2v) is 4.97. The lowest BCUT2D eigenvalue weighted by atomic mass is 9.80. The van der Waals surface area contributed by atoms with Gasteiger partial charge in [0, 0.05) is 11.5 Å². The van der Waals surface area contributed by atoms with Crippen LogP contribution in [0.25, 0.3) is 10.9 Å². The summed E-state index contributed by atoms with van der Waals surface area (Å²) < 4.78 is 11.0. The SMILES string of the molecule is OB1OCc2cc(Oc3ccc4ccccc4n3)ccc21. The summed E-state index contributed by atoms with van der Waals surface area (Å²) in [7, 11) is -0.826. The molecule has 0 spiro atoms. The van der Waals surface area contributed by atoms with Crippen LogP contribution < -0.4 is 10.2 Å². The number of para-hydroxylation sites is 1. The highest BCUT2D eigenvalue weighted by atomic mass is 16.5. The smallest absolute Gasteiger partial charge is 0.439 e. The van der Waals surface area contributed by atoms with Gasteiger partial charge in [-0.25, -0.2) is 4.98 Å². The first-order valence-corrected chi connectivity index (χ1v) is 6.76. The molecule has 0 amide bonds. The Morgan fingerprint density at radius 3 is 2.95 bits per heavy atom. The van der Waals surface area contributed by atoms with E-state index in [0.717, 1.165) is 21.9 Å². The first-order valence-electron chi connectivity index (χ1n) is 6.76. The normalized spacial score (nSPS) is 13.5. The fraction of sp³-hybridized carbons (Fsp3) is 0.0625. The van der Waals surface area contributed by atoms with Crippen molar-refractivity contribution in [2.24, 2.45) is 0 Å². The fourth-order valence-electron chi connectivity index (χ4n) is 2.49. The zero-order valence-electron chi connectivity index (χ0n) is 11.2. The van der Waals surface area contributed by atoms with Crippen LogP contribution in [0.15, 0.2) is 54.6 Å². The Balaban J connectivity index is 1.65. The summed E-state index contributed by atoms with van der Waals surface area (Å²) >= 11 is 0. The number of aromatic nitrogens is 1. The lowest BCUT2D eigenvalue weighted by Crippen LogP contribution is -2.27. The van der Waals surface area contributed by atoms with Crippen molar-refractivity contribution in [2.45, 2.75) is 6.61 Å². The van der Waals surface area contributed by atoms with Crippen LogP contribution in [-0.4, -0.2) is 17.1 Å². The van der Waals surface area contributed by atoms with E-state index in [1.165, 1.54) is 0 Å². The van der Waals surface area contributed by atoms with Gasteiger partial charge in [0.2, 0.25) is 5.88 Å². The Bertz CT molecular complexity index is 821. The second-order valence-electron chi connectivity index (χ2n) is 4.97. The van der Waals surface area contributed by atoms with Crippen LogP contribution in [0.5, 0.6) is 11.6 Å². The standard InChI is InChI=1S/C16H12BNO3/c19-17-14-7-6-13(9-12(14)10-20-17)21-16-8-5-11-3-1-2-4-15(11)18-16/h1-9,19H,10H2. The molecule has 0 aliphatic carbocycles. The van der Waals surface area contributed by atoms with Gasteiger partial charge < -0.3 is 14.4 Å². The summed E-state index contributed by atoms with van der Waals surface area (Å²) in [5.74, 6) is 1.24. The molecule has 5 heteroatoms. The van der Waals surface area contributed by atoms with E-state index in [0.29, 0.717) is 18.2 Å². The number of hydrogen-bond acceptors (Lipinski definition) is 4. The molecule has 2 aromatic carbocycles. The molecule has 3 aromatic rings. The highest BCUT2D eigenvalue weighted by Gasteiger charge is 2.27. The maximum atomic E-state index is 9.60. The van der Waals surface area contributed by atoms with Gasteiger partial charge >= 0.3 is 7.12 Å². The summed E-state index contributed by atoms with van der Waals surface area (Å²) in [5, 5.41) is 10.7. The van der Waals surface area contributed by atoms with Crippen LogP contribution in [0, 0.1) is 0 Å². The predicted octanol–water partition coefficient (Wildman–Crippen LogP) is 2.24. The van der Waals surface area contributed by atoms with Gasteiger partial charge in [-0.15, -0.1) is 0 Å². The third-order valence-corrected chi connectivity index (χ3v) is 3.57. The molecule has 1 aromatic heterocycles. The van der Waals surface area contributed by atoms with Crippen molar-refractivity contribution in [1.82, 2.24) is 4.98 Å². The van der Waals surface area contributed by atoms with Crippen molar-refractivity contribution in [3.63, 3.8) is 0 Å². The fourth-order valence-corrected chi connectivity index (χ4v) is 2.49. The quantitative estimate of drug-likeness (QED) is 0.730. The summed E-state index contributed by atoms with van der Waals surface area (Å²) in [6, 6.07) is 17.2. The summed E-state index contributed by atoms with van der Waals surface area (Å²) in [5.41, 5.74) is 2.64. The number of ether oxygens (including phenoxy) is 1. The van der Waals surface area contributed by atoms with Gasteiger partial charge in [-0.2, -0.15) is 0 Å². The molecule has 21 heavy (non-hydrogen) atoms. The molecule has 1 aliphatic rings. The van der Waals surface area contributed by atoms with E-state index in [9.17, 15) is 5.02 Å². The van der Waals surface area contributed by atoms with Crippen LogP contribution in [0.2, 0.25) is 0 Å². The number of fused-ring (bicyclic) bond motifs is 2. The molecule has 4 rings (SSSR count). The van der Waals surface area contributed by atoms with Gasteiger partial charge in [0.05, 0.1) is 12.1 Å². The molecule has 0 fully saturated rings. The highest BCUT2D eigenvalue weighted by molar-refractivity contribution is 6.61. The van der Waals surface area contributed by atoms with Gasteiger partial charge in [-0.1, -0.05) is 24.3 Å². The molecule has 0 saturated carbocycles. The first kappa shape index (κ1) is 12.4. The van der Waals surface area contributed by atoms with Crippen molar-refractivity contribution >= 4 is 23.5 Å². The van der Waals surface area contributed by atoms with Crippen molar-refractivity contribution in [2.75, 3.05) is 0 Å². The molecule has 4 nitrogen and oxygen atoms in total. The Morgan fingerprint density at radius 2 is 2.00 bits per heavy atom. The molecule has 0 radical (unpaired) electrons. The molecule has 0 bridgehead atoms. The number of nitrogens with zero attached hydrogens (tertiary/aromatic N) is 1. The molecule has 0 atom stereocenters. The third-order valence-electron chi connectivity index (χ3n) is 3.57. The monoisotopic (exact) mass is 277 g/mol. The zero-order valence-corrected chi connectivity index (χ0v) is 11.2. The lowest BCUT2D eigenvalue weighted by Gasteiger charge is -2.07. The van der Waals surface area contributed by atoms with Crippen molar-refractivity contribution in [3.8, 4) is 11.6 Å². The Hall–Kier alpha value is -2.37. The largest absolute Gasteiger partial charge is 0.491 e.